The largest absolute Gasteiger partial charge is 0.273 e. The second-order valence-corrected chi connectivity index (χ2v) is 8.93. The van der Waals surface area contributed by atoms with Gasteiger partial charge < -0.3 is 0 Å². The summed E-state index contributed by atoms with van der Waals surface area (Å²) in [4.78, 5) is 4.80. The molecule has 2 heterocycles. The zero-order chi connectivity index (χ0) is 16.8. The molecule has 3 rings (SSSR count). The number of benzene rings is 1. The van der Waals surface area contributed by atoms with Crippen molar-refractivity contribution in [3.05, 3.63) is 51.6 Å². The molecule has 0 radical (unpaired) electrons. The summed E-state index contributed by atoms with van der Waals surface area (Å²) in [5.74, 6) is 0. The molecule has 2 aliphatic rings. The molecule has 0 N–H and O–H groups in total. The summed E-state index contributed by atoms with van der Waals surface area (Å²) in [5, 5.41) is 0. The number of hydrogen-bond donors (Lipinski definition) is 0. The number of aliphatic imine (C=N–C) groups is 1. The fraction of sp³-hybridized carbons (Fsp3) is 0.353. The second-order valence-electron chi connectivity index (χ2n) is 6.11. The van der Waals surface area contributed by atoms with Gasteiger partial charge in [0, 0.05) is 23.1 Å². The van der Waals surface area contributed by atoms with Gasteiger partial charge in [0.15, 0.2) is 0 Å². The van der Waals surface area contributed by atoms with Crippen LogP contribution in [0, 0.1) is 0 Å². The van der Waals surface area contributed by atoms with E-state index in [0.29, 0.717) is 13.0 Å². The van der Waals surface area contributed by atoms with E-state index in [1.807, 2.05) is 50.3 Å². The van der Waals surface area contributed by atoms with Crippen molar-refractivity contribution in [2.75, 3.05) is 12.8 Å². The van der Waals surface area contributed by atoms with E-state index >= 15 is 0 Å². The van der Waals surface area contributed by atoms with Crippen molar-refractivity contribution in [3.63, 3.8) is 0 Å². The summed E-state index contributed by atoms with van der Waals surface area (Å²) >= 11 is 3.42. The summed E-state index contributed by atoms with van der Waals surface area (Å²) in [5.41, 5.74) is 3.21. The third-order valence-electron chi connectivity index (χ3n) is 4.39. The van der Waals surface area contributed by atoms with Crippen molar-refractivity contribution in [2.24, 2.45) is 4.99 Å². The van der Waals surface area contributed by atoms with Crippen LogP contribution in [0.25, 0.3) is 6.08 Å². The molecule has 1 saturated heterocycles. The molecular weight excluding hydrogens is 376 g/mol. The van der Waals surface area contributed by atoms with Gasteiger partial charge in [-0.25, -0.2) is 8.42 Å². The first kappa shape index (κ1) is 16.5. The number of allylic oxidation sites excluding steroid dienone is 1. The third-order valence-corrected chi connectivity index (χ3v) is 6.10. The Bertz CT molecular complexity index is 838. The minimum Gasteiger partial charge on any atom is -0.273 e. The van der Waals surface area contributed by atoms with Gasteiger partial charge in [-0.3, -0.25) is 9.30 Å². The van der Waals surface area contributed by atoms with Crippen LogP contribution in [0.5, 0.6) is 0 Å². The first-order valence-electron chi connectivity index (χ1n) is 7.43. The maximum absolute atomic E-state index is 12.2. The minimum absolute atomic E-state index is 0.461. The maximum atomic E-state index is 12.2. The number of halogens is 1. The van der Waals surface area contributed by atoms with E-state index in [1.54, 1.807) is 0 Å². The third kappa shape index (κ3) is 2.90. The van der Waals surface area contributed by atoms with Gasteiger partial charge in [-0.15, -0.1) is 0 Å². The standard InChI is InChI=1S/C17H19BrN2O2S/c1-12-10-13(2)19-17(12)8-9-20(23(3,21)22)16(17)11-14-4-6-15(18)7-5-14/h4-7,10-11H,8-9H2,1-3H3/b16-11+/t17-/m1/s1. The molecule has 1 aromatic carbocycles. The average Bonchev–Trinajstić information content (AvgIpc) is 2.94. The molecule has 0 aromatic heterocycles. The number of sulfonamides is 1. The summed E-state index contributed by atoms with van der Waals surface area (Å²) in [6.45, 7) is 4.45. The molecule has 0 saturated carbocycles. The zero-order valence-electron chi connectivity index (χ0n) is 13.4. The normalized spacial score (nSPS) is 26.1. The number of rotatable bonds is 2. The van der Waals surface area contributed by atoms with E-state index in [0.717, 1.165) is 27.0 Å². The van der Waals surface area contributed by atoms with Gasteiger partial charge in [0.05, 0.1) is 12.0 Å². The molecule has 6 heteroatoms. The molecule has 1 atom stereocenters. The van der Waals surface area contributed by atoms with Crippen LogP contribution in [0.1, 0.15) is 25.8 Å². The molecule has 0 aliphatic carbocycles. The van der Waals surface area contributed by atoms with Crippen molar-refractivity contribution < 1.29 is 8.42 Å². The molecule has 122 valence electrons. The molecular formula is C17H19BrN2O2S. The van der Waals surface area contributed by atoms with Crippen LogP contribution in [0.4, 0.5) is 0 Å². The summed E-state index contributed by atoms with van der Waals surface area (Å²) < 4.78 is 26.9. The van der Waals surface area contributed by atoms with Crippen molar-refractivity contribution in [3.8, 4) is 0 Å². The fourth-order valence-corrected chi connectivity index (χ4v) is 4.59. The maximum Gasteiger partial charge on any atom is 0.232 e. The highest BCUT2D eigenvalue weighted by molar-refractivity contribution is 9.10. The molecule has 0 amide bonds. The summed E-state index contributed by atoms with van der Waals surface area (Å²) in [6, 6.07) is 7.83. The molecule has 2 aliphatic heterocycles. The quantitative estimate of drug-likeness (QED) is 0.768. The number of hydrogen-bond acceptors (Lipinski definition) is 3. The van der Waals surface area contributed by atoms with E-state index in [1.165, 1.54) is 10.6 Å². The van der Waals surface area contributed by atoms with E-state index < -0.39 is 15.6 Å². The highest BCUT2D eigenvalue weighted by atomic mass is 79.9. The lowest BCUT2D eigenvalue weighted by atomic mass is 9.88. The molecule has 1 fully saturated rings. The zero-order valence-corrected chi connectivity index (χ0v) is 15.8. The van der Waals surface area contributed by atoms with Gasteiger partial charge in [-0.2, -0.15) is 0 Å². The lowest BCUT2D eigenvalue weighted by Crippen LogP contribution is -2.32. The van der Waals surface area contributed by atoms with E-state index in [2.05, 4.69) is 15.9 Å². The van der Waals surface area contributed by atoms with Crippen LogP contribution in [0.2, 0.25) is 0 Å². The van der Waals surface area contributed by atoms with Gasteiger partial charge in [0.1, 0.15) is 5.54 Å². The van der Waals surface area contributed by atoms with Gasteiger partial charge in [0.2, 0.25) is 10.0 Å². The fourth-order valence-electron chi connectivity index (χ4n) is 3.34. The lowest BCUT2D eigenvalue weighted by Gasteiger charge is -2.27. The van der Waals surface area contributed by atoms with Crippen LogP contribution in [0.15, 0.2) is 51.1 Å². The van der Waals surface area contributed by atoms with Crippen LogP contribution in [0.3, 0.4) is 0 Å². The predicted molar refractivity (Wildman–Crippen MR) is 97.9 cm³/mol. The first-order chi connectivity index (χ1) is 10.7. The SMILES string of the molecule is CC1=CC(C)=N[C@]12CCN(S(C)(=O)=O)/C2=C/c1ccc(Br)cc1. The Morgan fingerprint density at radius 1 is 1.26 bits per heavy atom. The van der Waals surface area contributed by atoms with Crippen molar-refractivity contribution in [1.82, 2.24) is 4.31 Å². The van der Waals surface area contributed by atoms with Crippen molar-refractivity contribution in [2.45, 2.75) is 25.8 Å². The van der Waals surface area contributed by atoms with E-state index in [4.69, 9.17) is 4.99 Å². The lowest BCUT2D eigenvalue weighted by molar-refractivity contribution is 0.515. The van der Waals surface area contributed by atoms with E-state index in [-0.39, 0.29) is 0 Å². The smallest absolute Gasteiger partial charge is 0.232 e. The second kappa shape index (κ2) is 5.60. The topological polar surface area (TPSA) is 49.7 Å². The molecule has 0 bridgehead atoms. The average molecular weight is 395 g/mol. The Morgan fingerprint density at radius 2 is 1.91 bits per heavy atom. The van der Waals surface area contributed by atoms with Crippen LogP contribution in [-0.2, 0) is 10.0 Å². The van der Waals surface area contributed by atoms with Gasteiger partial charge in [-0.05, 0) is 49.3 Å². The molecule has 1 spiro atoms. The Kier molecular flexibility index (Phi) is 4.01. The van der Waals surface area contributed by atoms with Gasteiger partial charge >= 0.3 is 0 Å². The highest BCUT2D eigenvalue weighted by Crippen LogP contribution is 2.46. The Hall–Kier alpha value is -1.40. The minimum atomic E-state index is -3.33. The Balaban J connectivity index is 2.16. The summed E-state index contributed by atoms with van der Waals surface area (Å²) in [6.07, 6.45) is 5.93. The summed E-state index contributed by atoms with van der Waals surface area (Å²) in [7, 11) is -3.33. The monoisotopic (exact) mass is 394 g/mol. The highest BCUT2D eigenvalue weighted by Gasteiger charge is 2.48. The van der Waals surface area contributed by atoms with E-state index in [9.17, 15) is 8.42 Å². The molecule has 1 aromatic rings. The Labute approximate surface area is 145 Å². The van der Waals surface area contributed by atoms with Gasteiger partial charge in [-0.1, -0.05) is 28.1 Å². The van der Waals surface area contributed by atoms with Crippen LogP contribution in [-0.4, -0.2) is 36.8 Å². The predicted octanol–water partition coefficient (Wildman–Crippen LogP) is 3.61. The molecule has 4 nitrogen and oxygen atoms in total. The Morgan fingerprint density at radius 3 is 2.43 bits per heavy atom. The first-order valence-corrected chi connectivity index (χ1v) is 10.1. The molecule has 0 unspecified atom stereocenters. The van der Waals surface area contributed by atoms with Crippen molar-refractivity contribution in [1.29, 1.82) is 0 Å². The van der Waals surface area contributed by atoms with Gasteiger partial charge in [0.25, 0.3) is 0 Å². The van der Waals surface area contributed by atoms with Crippen molar-refractivity contribution >= 4 is 37.7 Å². The van der Waals surface area contributed by atoms with Crippen LogP contribution >= 0.6 is 15.9 Å². The molecule has 23 heavy (non-hydrogen) atoms. The van der Waals surface area contributed by atoms with Crippen LogP contribution < -0.4 is 0 Å². The number of nitrogens with zero attached hydrogens (tertiary/aromatic N) is 2.